The number of imidazole rings is 1. The first kappa shape index (κ1) is 8.80. The van der Waals surface area contributed by atoms with E-state index in [0.717, 1.165) is 5.52 Å². The Morgan fingerprint density at radius 1 is 1.42 bits per heavy atom. The molecule has 0 aliphatic heterocycles. The largest absolute Gasteiger partial charge is 0.384 e. The van der Waals surface area contributed by atoms with Crippen molar-refractivity contribution in [2.75, 3.05) is 5.73 Å². The second kappa shape index (κ2) is 2.98. The second-order valence-corrected chi connectivity index (χ2v) is 2.43. The third kappa shape index (κ3) is 1.21. The maximum absolute atomic E-state index is 5.47. The van der Waals surface area contributed by atoms with Gasteiger partial charge in [-0.2, -0.15) is 0 Å². The number of aryl methyl sites for hydroxylation is 1. The summed E-state index contributed by atoms with van der Waals surface area (Å²) in [5, 5.41) is 0. The molecule has 2 aromatic rings. The molecule has 2 heterocycles. The van der Waals surface area contributed by atoms with Crippen molar-refractivity contribution in [2.24, 2.45) is 7.05 Å². The van der Waals surface area contributed by atoms with E-state index in [4.69, 9.17) is 5.73 Å². The third-order valence-corrected chi connectivity index (χ3v) is 1.61. The average Bonchev–Trinajstić information content (AvgIpc) is 2.32. The minimum absolute atomic E-state index is 0. The number of pyridine rings is 1. The monoisotopic (exact) mass is 184 g/mol. The topological polar surface area (TPSA) is 56.7 Å². The number of fused-ring (bicyclic) bond motifs is 1. The standard InChI is InChI=1S/C7H8N4.ClH/c1-11-4-9-7-5(11)2-3-6(8)10-7;/h2-4H,1H3,(H2,8,10);1H. The fourth-order valence-corrected chi connectivity index (χ4v) is 1.03. The number of rotatable bonds is 0. The summed E-state index contributed by atoms with van der Waals surface area (Å²) in [5.41, 5.74) is 7.17. The van der Waals surface area contributed by atoms with Gasteiger partial charge in [0.1, 0.15) is 5.82 Å². The van der Waals surface area contributed by atoms with Crippen LogP contribution in [-0.2, 0) is 7.05 Å². The highest BCUT2D eigenvalue weighted by atomic mass is 35.5. The van der Waals surface area contributed by atoms with Gasteiger partial charge in [-0.1, -0.05) is 0 Å². The molecule has 0 fully saturated rings. The van der Waals surface area contributed by atoms with Crippen LogP contribution in [0.5, 0.6) is 0 Å². The highest BCUT2D eigenvalue weighted by Crippen LogP contribution is 2.09. The van der Waals surface area contributed by atoms with E-state index >= 15 is 0 Å². The van der Waals surface area contributed by atoms with E-state index in [9.17, 15) is 0 Å². The lowest BCUT2D eigenvalue weighted by molar-refractivity contribution is 0.948. The lowest BCUT2D eigenvalue weighted by Crippen LogP contribution is -1.90. The molecular weight excluding hydrogens is 176 g/mol. The minimum atomic E-state index is 0. The zero-order chi connectivity index (χ0) is 7.84. The van der Waals surface area contributed by atoms with Crippen molar-refractivity contribution in [3.8, 4) is 0 Å². The molecule has 5 heteroatoms. The Bertz CT molecular complexity index is 395. The highest BCUT2D eigenvalue weighted by Gasteiger charge is 1.98. The smallest absolute Gasteiger partial charge is 0.179 e. The van der Waals surface area contributed by atoms with Gasteiger partial charge in [0, 0.05) is 7.05 Å². The number of nitrogens with zero attached hydrogens (tertiary/aromatic N) is 3. The van der Waals surface area contributed by atoms with Crippen LogP contribution < -0.4 is 5.73 Å². The molecule has 64 valence electrons. The van der Waals surface area contributed by atoms with Crippen LogP contribution in [0.15, 0.2) is 18.5 Å². The summed E-state index contributed by atoms with van der Waals surface area (Å²) < 4.78 is 1.90. The van der Waals surface area contributed by atoms with E-state index in [1.807, 2.05) is 17.7 Å². The van der Waals surface area contributed by atoms with Gasteiger partial charge in [-0.05, 0) is 12.1 Å². The van der Waals surface area contributed by atoms with E-state index in [2.05, 4.69) is 9.97 Å². The lowest BCUT2D eigenvalue weighted by Gasteiger charge is -1.93. The summed E-state index contributed by atoms with van der Waals surface area (Å²) in [7, 11) is 1.92. The number of nitrogen functional groups attached to an aromatic ring is 1. The molecule has 2 N–H and O–H groups in total. The second-order valence-electron chi connectivity index (χ2n) is 2.43. The Morgan fingerprint density at radius 2 is 2.17 bits per heavy atom. The molecule has 2 rings (SSSR count). The van der Waals surface area contributed by atoms with Gasteiger partial charge in [-0.15, -0.1) is 12.4 Å². The van der Waals surface area contributed by atoms with Gasteiger partial charge in [-0.3, -0.25) is 0 Å². The maximum Gasteiger partial charge on any atom is 0.179 e. The van der Waals surface area contributed by atoms with Crippen LogP contribution in [-0.4, -0.2) is 14.5 Å². The van der Waals surface area contributed by atoms with Gasteiger partial charge in [0.25, 0.3) is 0 Å². The van der Waals surface area contributed by atoms with E-state index in [1.54, 1.807) is 12.4 Å². The lowest BCUT2D eigenvalue weighted by atomic mass is 10.4. The average molecular weight is 185 g/mol. The number of nitrogens with two attached hydrogens (primary N) is 1. The molecule has 0 unspecified atom stereocenters. The molecular formula is C7H9ClN4. The van der Waals surface area contributed by atoms with Crippen LogP contribution >= 0.6 is 12.4 Å². The number of hydrogen-bond donors (Lipinski definition) is 1. The molecule has 0 aromatic carbocycles. The SMILES string of the molecule is Cl.Cn1cnc2nc(N)ccc21. The predicted octanol–water partition coefficient (Wildman–Crippen LogP) is 0.972. The van der Waals surface area contributed by atoms with Crippen molar-refractivity contribution < 1.29 is 0 Å². The fraction of sp³-hybridized carbons (Fsp3) is 0.143. The quantitative estimate of drug-likeness (QED) is 0.664. The summed E-state index contributed by atoms with van der Waals surface area (Å²) in [6.45, 7) is 0. The Kier molecular flexibility index (Phi) is 2.19. The third-order valence-electron chi connectivity index (χ3n) is 1.61. The normalized spacial score (nSPS) is 9.75. The number of hydrogen-bond acceptors (Lipinski definition) is 3. The summed E-state index contributed by atoms with van der Waals surface area (Å²) in [6.07, 6.45) is 1.72. The fourth-order valence-electron chi connectivity index (χ4n) is 1.03. The number of halogens is 1. The maximum atomic E-state index is 5.47. The molecule has 0 amide bonds. The first-order chi connectivity index (χ1) is 5.27. The molecule has 0 aliphatic carbocycles. The highest BCUT2D eigenvalue weighted by molar-refractivity contribution is 5.85. The summed E-state index contributed by atoms with van der Waals surface area (Å²) in [5.74, 6) is 0.510. The van der Waals surface area contributed by atoms with Crippen LogP contribution in [0.4, 0.5) is 5.82 Å². The van der Waals surface area contributed by atoms with Crippen molar-refractivity contribution in [1.82, 2.24) is 14.5 Å². The zero-order valence-corrected chi connectivity index (χ0v) is 7.38. The summed E-state index contributed by atoms with van der Waals surface area (Å²) >= 11 is 0. The summed E-state index contributed by atoms with van der Waals surface area (Å²) in [6, 6.07) is 3.68. The van der Waals surface area contributed by atoms with E-state index < -0.39 is 0 Å². The number of aromatic nitrogens is 3. The first-order valence-corrected chi connectivity index (χ1v) is 3.31. The Labute approximate surface area is 75.8 Å². The van der Waals surface area contributed by atoms with E-state index in [1.165, 1.54) is 0 Å². The van der Waals surface area contributed by atoms with Gasteiger partial charge in [0.2, 0.25) is 0 Å². The Balaban J connectivity index is 0.000000720. The van der Waals surface area contributed by atoms with Crippen molar-refractivity contribution in [3.05, 3.63) is 18.5 Å². The number of anilines is 1. The van der Waals surface area contributed by atoms with Crippen LogP contribution in [0.2, 0.25) is 0 Å². The summed E-state index contributed by atoms with van der Waals surface area (Å²) in [4.78, 5) is 8.09. The first-order valence-electron chi connectivity index (χ1n) is 3.31. The Hall–Kier alpha value is -1.29. The van der Waals surface area contributed by atoms with E-state index in [-0.39, 0.29) is 12.4 Å². The van der Waals surface area contributed by atoms with Gasteiger partial charge >= 0.3 is 0 Å². The molecule has 0 atom stereocenters. The molecule has 0 radical (unpaired) electrons. The van der Waals surface area contributed by atoms with Crippen molar-refractivity contribution in [2.45, 2.75) is 0 Å². The van der Waals surface area contributed by atoms with Crippen LogP contribution in [0.25, 0.3) is 11.2 Å². The van der Waals surface area contributed by atoms with Crippen LogP contribution in [0.3, 0.4) is 0 Å². The van der Waals surface area contributed by atoms with Gasteiger partial charge in [-0.25, -0.2) is 9.97 Å². The van der Waals surface area contributed by atoms with Gasteiger partial charge < -0.3 is 10.3 Å². The Morgan fingerprint density at radius 3 is 2.92 bits per heavy atom. The van der Waals surface area contributed by atoms with Crippen molar-refractivity contribution in [1.29, 1.82) is 0 Å². The molecule has 0 aliphatic rings. The van der Waals surface area contributed by atoms with Crippen LogP contribution in [0.1, 0.15) is 0 Å². The van der Waals surface area contributed by atoms with Crippen molar-refractivity contribution >= 4 is 29.4 Å². The van der Waals surface area contributed by atoms with Gasteiger partial charge in [0.15, 0.2) is 5.65 Å². The minimum Gasteiger partial charge on any atom is -0.384 e. The predicted molar refractivity (Wildman–Crippen MR) is 50.2 cm³/mol. The molecule has 0 bridgehead atoms. The molecule has 12 heavy (non-hydrogen) atoms. The van der Waals surface area contributed by atoms with Crippen LogP contribution in [0, 0.1) is 0 Å². The molecule has 0 spiro atoms. The van der Waals surface area contributed by atoms with Crippen molar-refractivity contribution in [3.63, 3.8) is 0 Å². The molecule has 0 saturated carbocycles. The zero-order valence-electron chi connectivity index (χ0n) is 6.56. The van der Waals surface area contributed by atoms with Gasteiger partial charge in [0.05, 0.1) is 11.8 Å². The van der Waals surface area contributed by atoms with E-state index in [0.29, 0.717) is 11.5 Å². The molecule has 2 aromatic heterocycles. The molecule has 4 nitrogen and oxygen atoms in total. The molecule has 0 saturated heterocycles.